The molecule has 0 aliphatic carbocycles. The number of aryl methyl sites for hydroxylation is 2. The molecule has 3 rings (SSSR count). The molecule has 0 unspecified atom stereocenters. The van der Waals surface area contributed by atoms with Crippen molar-refractivity contribution in [3.63, 3.8) is 0 Å². The number of amides is 1. The van der Waals surface area contributed by atoms with Crippen LogP contribution in [0.3, 0.4) is 0 Å². The minimum Gasteiger partial charge on any atom is -0.366 e. The molecule has 6 heteroatoms. The Morgan fingerprint density at radius 3 is 2.77 bits per heavy atom. The van der Waals surface area contributed by atoms with Gasteiger partial charge in [0.05, 0.1) is 5.57 Å². The van der Waals surface area contributed by atoms with Crippen molar-refractivity contribution in [3.8, 4) is 0 Å². The minimum absolute atomic E-state index is 0.402. The predicted molar refractivity (Wildman–Crippen MR) is 124 cm³/mol. The second-order valence-corrected chi connectivity index (χ2v) is 8.13. The number of carbonyl (C=O) groups excluding carboxylic acids is 1. The molecule has 0 saturated carbocycles. The van der Waals surface area contributed by atoms with E-state index in [1.165, 1.54) is 28.2 Å². The highest BCUT2D eigenvalue weighted by molar-refractivity contribution is 6.11. The summed E-state index contributed by atoms with van der Waals surface area (Å²) in [5.74, 6) is 0.861. The van der Waals surface area contributed by atoms with Crippen LogP contribution in [0, 0.1) is 12.8 Å². The fourth-order valence-corrected chi connectivity index (χ4v) is 4.04. The van der Waals surface area contributed by atoms with E-state index in [2.05, 4.69) is 64.7 Å². The maximum atomic E-state index is 11.3. The van der Waals surface area contributed by atoms with Crippen molar-refractivity contribution in [2.24, 2.45) is 23.7 Å². The summed E-state index contributed by atoms with van der Waals surface area (Å²) < 4.78 is 2.20. The van der Waals surface area contributed by atoms with Gasteiger partial charge in [-0.1, -0.05) is 24.3 Å². The number of carbonyl (C=O) groups is 1. The van der Waals surface area contributed by atoms with Gasteiger partial charge >= 0.3 is 0 Å². The van der Waals surface area contributed by atoms with E-state index in [0.717, 1.165) is 39.0 Å². The van der Waals surface area contributed by atoms with Gasteiger partial charge in [-0.15, -0.1) is 0 Å². The Bertz CT molecular complexity index is 977. The van der Waals surface area contributed by atoms with Crippen LogP contribution in [-0.4, -0.2) is 41.2 Å². The highest BCUT2D eigenvalue weighted by Crippen LogP contribution is 2.23. The number of aromatic nitrogens is 1. The van der Waals surface area contributed by atoms with Gasteiger partial charge in [0.2, 0.25) is 5.91 Å². The maximum absolute atomic E-state index is 11.3. The lowest BCUT2D eigenvalue weighted by atomic mass is 9.97. The van der Waals surface area contributed by atoms with E-state index >= 15 is 0 Å². The summed E-state index contributed by atoms with van der Waals surface area (Å²) >= 11 is 0. The second kappa shape index (κ2) is 9.76. The number of likely N-dealkylation sites (tertiary alicyclic amines) is 1. The molecular formula is C24H33N5O. The number of hydrogen-bond acceptors (Lipinski definition) is 4. The Balaban J connectivity index is 1.47. The third-order valence-electron chi connectivity index (χ3n) is 5.90. The molecule has 1 amide bonds. The zero-order valence-corrected chi connectivity index (χ0v) is 18.3. The number of nitrogens with zero attached hydrogens (tertiary/aromatic N) is 3. The molecule has 0 atom stereocenters. The quantitative estimate of drug-likeness (QED) is 0.521. The molecule has 1 fully saturated rings. The Morgan fingerprint density at radius 1 is 1.37 bits per heavy atom. The predicted octanol–water partition coefficient (Wildman–Crippen LogP) is 3.26. The molecule has 160 valence electrons. The number of fused-ring (bicyclic) bond motifs is 1. The monoisotopic (exact) mass is 407 g/mol. The summed E-state index contributed by atoms with van der Waals surface area (Å²) in [6.07, 6.45) is 7.59. The maximum Gasteiger partial charge on any atom is 0.249 e. The SMILES string of the molecule is C=C(/N=C\C(=C/C)C(N)=O)N1CCC(CNCc2cn(C)c3ccc(C)cc23)CC1. The third-order valence-corrected chi connectivity index (χ3v) is 5.90. The van der Waals surface area contributed by atoms with Gasteiger partial charge in [-0.3, -0.25) is 4.79 Å². The molecule has 6 nitrogen and oxygen atoms in total. The molecular weight excluding hydrogens is 374 g/mol. The van der Waals surface area contributed by atoms with Crippen LogP contribution in [0.25, 0.3) is 10.9 Å². The van der Waals surface area contributed by atoms with Crippen LogP contribution in [0.2, 0.25) is 0 Å². The van der Waals surface area contributed by atoms with Crippen LogP contribution in [-0.2, 0) is 18.4 Å². The van der Waals surface area contributed by atoms with Gasteiger partial charge in [0.1, 0.15) is 5.82 Å². The molecule has 1 aliphatic heterocycles. The molecule has 0 spiro atoms. The van der Waals surface area contributed by atoms with E-state index in [-0.39, 0.29) is 0 Å². The van der Waals surface area contributed by atoms with Crippen LogP contribution in [0.1, 0.15) is 30.9 Å². The van der Waals surface area contributed by atoms with Gasteiger partial charge in [-0.25, -0.2) is 4.99 Å². The molecule has 3 N–H and O–H groups in total. The van der Waals surface area contributed by atoms with Crippen LogP contribution >= 0.6 is 0 Å². The number of hydrogen-bond donors (Lipinski definition) is 2. The molecule has 0 radical (unpaired) electrons. The molecule has 0 bridgehead atoms. The van der Waals surface area contributed by atoms with Gasteiger partial charge in [-0.05, 0) is 56.8 Å². The van der Waals surface area contributed by atoms with Gasteiger partial charge in [0.25, 0.3) is 0 Å². The second-order valence-electron chi connectivity index (χ2n) is 8.13. The summed E-state index contributed by atoms with van der Waals surface area (Å²) in [4.78, 5) is 17.8. The van der Waals surface area contributed by atoms with E-state index in [1.807, 2.05) is 0 Å². The van der Waals surface area contributed by atoms with Crippen LogP contribution < -0.4 is 11.1 Å². The van der Waals surface area contributed by atoms with Crippen molar-refractivity contribution in [2.75, 3.05) is 19.6 Å². The Labute approximate surface area is 179 Å². The first-order valence-electron chi connectivity index (χ1n) is 10.6. The minimum atomic E-state index is -0.472. The van der Waals surface area contributed by atoms with Gasteiger partial charge in [0.15, 0.2) is 0 Å². The van der Waals surface area contributed by atoms with Crippen LogP contribution in [0.5, 0.6) is 0 Å². The zero-order chi connectivity index (χ0) is 21.7. The average molecular weight is 408 g/mol. The van der Waals surface area contributed by atoms with E-state index in [1.54, 1.807) is 13.0 Å². The smallest absolute Gasteiger partial charge is 0.249 e. The van der Waals surface area contributed by atoms with Crippen molar-refractivity contribution in [2.45, 2.75) is 33.2 Å². The fraction of sp³-hybridized carbons (Fsp3) is 0.417. The van der Waals surface area contributed by atoms with Gasteiger partial charge in [0, 0.05) is 50.0 Å². The number of nitrogens with one attached hydrogen (secondary N) is 1. The Morgan fingerprint density at radius 2 is 2.10 bits per heavy atom. The zero-order valence-electron chi connectivity index (χ0n) is 18.3. The lowest BCUT2D eigenvalue weighted by Crippen LogP contribution is -2.36. The van der Waals surface area contributed by atoms with Crippen molar-refractivity contribution in [1.29, 1.82) is 0 Å². The number of rotatable bonds is 8. The fourth-order valence-electron chi connectivity index (χ4n) is 4.04. The number of primary amides is 1. The molecule has 2 heterocycles. The van der Waals surface area contributed by atoms with Crippen molar-refractivity contribution < 1.29 is 4.79 Å². The number of benzene rings is 1. The average Bonchev–Trinajstić information content (AvgIpc) is 3.03. The van der Waals surface area contributed by atoms with Crippen LogP contribution in [0.4, 0.5) is 0 Å². The normalized spacial score (nSPS) is 16.0. The summed E-state index contributed by atoms with van der Waals surface area (Å²) in [6, 6.07) is 6.63. The summed E-state index contributed by atoms with van der Waals surface area (Å²) in [6.45, 7) is 11.7. The van der Waals surface area contributed by atoms with Gasteiger partial charge in [-0.2, -0.15) is 0 Å². The lowest BCUT2D eigenvalue weighted by molar-refractivity contribution is -0.114. The van der Waals surface area contributed by atoms with E-state index in [9.17, 15) is 4.79 Å². The number of piperidine rings is 1. The van der Waals surface area contributed by atoms with E-state index < -0.39 is 5.91 Å². The highest BCUT2D eigenvalue weighted by Gasteiger charge is 2.20. The summed E-state index contributed by atoms with van der Waals surface area (Å²) in [7, 11) is 2.11. The number of aliphatic imine (C=N–C) groups is 1. The number of allylic oxidation sites excluding steroid dienone is 1. The van der Waals surface area contributed by atoms with E-state index in [4.69, 9.17) is 5.73 Å². The van der Waals surface area contributed by atoms with Crippen LogP contribution in [0.15, 0.2) is 53.4 Å². The molecule has 1 aromatic heterocycles. The van der Waals surface area contributed by atoms with Crippen molar-refractivity contribution in [3.05, 3.63) is 59.6 Å². The third kappa shape index (κ3) is 5.19. The first-order chi connectivity index (χ1) is 14.4. The molecule has 1 aliphatic rings. The number of nitrogens with two attached hydrogens (primary N) is 1. The van der Waals surface area contributed by atoms with Crippen molar-refractivity contribution in [1.82, 2.24) is 14.8 Å². The van der Waals surface area contributed by atoms with E-state index in [0.29, 0.717) is 17.3 Å². The lowest BCUT2D eigenvalue weighted by Gasteiger charge is -2.33. The molecule has 2 aromatic rings. The highest BCUT2D eigenvalue weighted by atomic mass is 16.1. The summed E-state index contributed by atoms with van der Waals surface area (Å²) in [5.41, 5.74) is 9.64. The summed E-state index contributed by atoms with van der Waals surface area (Å²) in [5, 5.41) is 5.00. The molecule has 1 saturated heterocycles. The standard InChI is InChI=1S/C24H33N5O/c1-5-20(24(25)30)15-27-18(3)29-10-8-19(9-11-29)13-26-14-21-16-28(4)23-7-6-17(2)12-22(21)23/h5-7,12,15-16,19,26H,3,8-11,13-14H2,1-2,4H3,(H2,25,30)/b20-5+,27-15-. The Hall–Kier alpha value is -2.86. The molecule has 1 aromatic carbocycles. The Kier molecular flexibility index (Phi) is 7.11. The van der Waals surface area contributed by atoms with Gasteiger partial charge < -0.3 is 20.5 Å². The largest absolute Gasteiger partial charge is 0.366 e. The topological polar surface area (TPSA) is 75.7 Å². The first-order valence-corrected chi connectivity index (χ1v) is 10.6. The first kappa shape index (κ1) is 21.8. The van der Waals surface area contributed by atoms with Crippen molar-refractivity contribution >= 4 is 23.0 Å². The molecule has 30 heavy (non-hydrogen) atoms.